The largest absolute Gasteiger partial charge is 0.457 e. The van der Waals surface area contributed by atoms with Crippen molar-refractivity contribution in [3.8, 4) is 11.5 Å². The summed E-state index contributed by atoms with van der Waals surface area (Å²) in [5, 5.41) is -0.104. The second-order valence-corrected chi connectivity index (χ2v) is 9.10. The molecule has 1 aliphatic rings. The van der Waals surface area contributed by atoms with Crippen LogP contribution in [0.4, 0.5) is 0 Å². The number of rotatable bonds is 7. The highest BCUT2D eigenvalue weighted by atomic mass is 32.2. The second-order valence-electron chi connectivity index (χ2n) is 7.89. The Morgan fingerprint density at radius 3 is 2.63 bits per heavy atom. The number of hydrogen-bond donors (Lipinski definition) is 0. The van der Waals surface area contributed by atoms with Gasteiger partial charge in [0.2, 0.25) is 0 Å². The highest BCUT2D eigenvalue weighted by Crippen LogP contribution is 2.38. The molecule has 27 heavy (non-hydrogen) atoms. The van der Waals surface area contributed by atoms with Gasteiger partial charge in [0.15, 0.2) is 5.78 Å². The van der Waals surface area contributed by atoms with Crippen LogP contribution in [0.15, 0.2) is 42.5 Å². The van der Waals surface area contributed by atoms with Crippen LogP contribution in [0.25, 0.3) is 0 Å². The number of fused-ring (bicyclic) bond motifs is 2. The molecule has 0 fully saturated rings. The number of benzene rings is 2. The molecule has 144 valence electrons. The summed E-state index contributed by atoms with van der Waals surface area (Å²) < 4.78 is 11.4. The van der Waals surface area contributed by atoms with Crippen LogP contribution >= 0.6 is 11.8 Å². The third kappa shape index (κ3) is 4.74. The van der Waals surface area contributed by atoms with E-state index in [9.17, 15) is 4.79 Å². The molecule has 2 aromatic rings. The van der Waals surface area contributed by atoms with Crippen molar-refractivity contribution in [1.82, 2.24) is 0 Å². The molecule has 0 aliphatic carbocycles. The molecule has 1 aliphatic heterocycles. The van der Waals surface area contributed by atoms with E-state index in [0.29, 0.717) is 13.2 Å². The predicted octanol–water partition coefficient (Wildman–Crippen LogP) is 5.75. The van der Waals surface area contributed by atoms with Crippen molar-refractivity contribution >= 4 is 17.5 Å². The molecule has 3 rings (SSSR count). The summed E-state index contributed by atoms with van der Waals surface area (Å²) in [6, 6.07) is 13.9. The standard InChI is InChI=1S/C23H28O3S/c1-5-25-12-13-27-22(23(2,3)4)21(24)17-10-11-20-18(15-17)14-16-8-6-7-9-19(16)26-20/h6-11,15,22H,5,12-14H2,1-4H3. The first-order chi connectivity index (χ1) is 12.9. The van der Waals surface area contributed by atoms with Crippen molar-refractivity contribution < 1.29 is 14.3 Å². The molecule has 0 spiro atoms. The molecule has 0 radical (unpaired) electrons. The second kappa shape index (κ2) is 8.49. The highest BCUT2D eigenvalue weighted by Gasteiger charge is 2.32. The van der Waals surface area contributed by atoms with E-state index in [4.69, 9.17) is 9.47 Å². The maximum Gasteiger partial charge on any atom is 0.176 e. The van der Waals surface area contributed by atoms with Crippen LogP contribution in [-0.2, 0) is 11.2 Å². The lowest BCUT2D eigenvalue weighted by Gasteiger charge is -2.29. The Morgan fingerprint density at radius 2 is 1.89 bits per heavy atom. The smallest absolute Gasteiger partial charge is 0.176 e. The molecule has 4 heteroatoms. The maximum absolute atomic E-state index is 13.3. The molecule has 0 aromatic heterocycles. The monoisotopic (exact) mass is 384 g/mol. The number of para-hydroxylation sites is 1. The van der Waals surface area contributed by atoms with Gasteiger partial charge in [-0.2, -0.15) is 0 Å². The van der Waals surface area contributed by atoms with Gasteiger partial charge in [0.05, 0.1) is 11.9 Å². The fourth-order valence-electron chi connectivity index (χ4n) is 3.28. The molecule has 0 N–H and O–H groups in total. The van der Waals surface area contributed by atoms with Gasteiger partial charge in [-0.05, 0) is 42.2 Å². The van der Waals surface area contributed by atoms with E-state index in [1.165, 1.54) is 0 Å². The summed E-state index contributed by atoms with van der Waals surface area (Å²) in [5.41, 5.74) is 2.88. The van der Waals surface area contributed by atoms with Crippen molar-refractivity contribution in [1.29, 1.82) is 0 Å². The van der Waals surface area contributed by atoms with Gasteiger partial charge in [0, 0.05) is 29.9 Å². The van der Waals surface area contributed by atoms with Crippen LogP contribution in [0.1, 0.15) is 49.2 Å². The van der Waals surface area contributed by atoms with Crippen molar-refractivity contribution in [2.24, 2.45) is 5.41 Å². The average Bonchev–Trinajstić information content (AvgIpc) is 2.64. The number of carbonyl (C=O) groups is 1. The van der Waals surface area contributed by atoms with Crippen LogP contribution in [0.2, 0.25) is 0 Å². The third-order valence-electron chi connectivity index (χ3n) is 4.66. The van der Waals surface area contributed by atoms with E-state index in [-0.39, 0.29) is 16.4 Å². The van der Waals surface area contributed by atoms with E-state index in [1.807, 2.05) is 43.3 Å². The van der Waals surface area contributed by atoms with Gasteiger partial charge in [0.25, 0.3) is 0 Å². The maximum atomic E-state index is 13.3. The fraction of sp³-hybridized carbons (Fsp3) is 0.435. The van der Waals surface area contributed by atoms with Crippen molar-refractivity contribution in [2.45, 2.75) is 39.4 Å². The van der Waals surface area contributed by atoms with E-state index >= 15 is 0 Å². The molecular weight excluding hydrogens is 356 g/mol. The normalized spacial score (nSPS) is 14.1. The van der Waals surface area contributed by atoms with Crippen LogP contribution in [0.3, 0.4) is 0 Å². The number of carbonyl (C=O) groups excluding carboxylic acids is 1. The van der Waals surface area contributed by atoms with Crippen molar-refractivity contribution in [2.75, 3.05) is 19.0 Å². The number of ether oxygens (including phenoxy) is 2. The van der Waals surface area contributed by atoms with Crippen molar-refractivity contribution in [3.05, 3.63) is 59.2 Å². The van der Waals surface area contributed by atoms with Gasteiger partial charge < -0.3 is 9.47 Å². The predicted molar refractivity (Wildman–Crippen MR) is 112 cm³/mol. The first-order valence-corrected chi connectivity index (χ1v) is 10.6. The topological polar surface area (TPSA) is 35.5 Å². The van der Waals surface area contributed by atoms with Crippen molar-refractivity contribution in [3.63, 3.8) is 0 Å². The van der Waals surface area contributed by atoms with Gasteiger partial charge in [0.1, 0.15) is 11.5 Å². The zero-order valence-electron chi connectivity index (χ0n) is 16.6. The lowest BCUT2D eigenvalue weighted by Crippen LogP contribution is -2.32. The van der Waals surface area contributed by atoms with Gasteiger partial charge in [-0.25, -0.2) is 0 Å². The van der Waals surface area contributed by atoms with E-state index in [2.05, 4.69) is 26.8 Å². The summed E-state index contributed by atoms with van der Waals surface area (Å²) in [5.74, 6) is 2.76. The number of thioether (sulfide) groups is 1. The summed E-state index contributed by atoms with van der Waals surface area (Å²) in [6.07, 6.45) is 0.796. The molecule has 2 aromatic carbocycles. The highest BCUT2D eigenvalue weighted by molar-refractivity contribution is 8.00. The Labute approximate surface area is 166 Å². The average molecular weight is 385 g/mol. The number of Topliss-reactive ketones (excluding diaryl/α,β-unsaturated/α-hetero) is 1. The van der Waals surface area contributed by atoms with Crippen LogP contribution in [0, 0.1) is 5.41 Å². The first-order valence-electron chi connectivity index (χ1n) is 9.52. The SMILES string of the molecule is CCOCCSC(C(=O)c1ccc2c(c1)Cc1ccccc1O2)C(C)(C)C. The molecule has 3 nitrogen and oxygen atoms in total. The fourth-order valence-corrected chi connectivity index (χ4v) is 4.52. The number of hydrogen-bond acceptors (Lipinski definition) is 4. The Hall–Kier alpha value is -1.78. The number of ketones is 1. The first kappa shape index (κ1) is 20.0. The summed E-state index contributed by atoms with van der Waals surface area (Å²) in [4.78, 5) is 13.3. The molecule has 0 saturated heterocycles. The molecular formula is C23H28O3S. The van der Waals surface area contributed by atoms with Crippen LogP contribution < -0.4 is 4.74 Å². The molecule has 1 heterocycles. The van der Waals surface area contributed by atoms with Crippen LogP contribution in [0.5, 0.6) is 11.5 Å². The Morgan fingerprint density at radius 1 is 1.15 bits per heavy atom. The van der Waals surface area contributed by atoms with E-state index in [0.717, 1.165) is 40.4 Å². The third-order valence-corrected chi connectivity index (χ3v) is 6.32. The molecule has 1 atom stereocenters. The zero-order chi connectivity index (χ0) is 19.4. The van der Waals surface area contributed by atoms with Gasteiger partial charge in [-0.3, -0.25) is 4.79 Å². The minimum absolute atomic E-state index is 0.104. The van der Waals surface area contributed by atoms with Gasteiger partial charge in [-0.1, -0.05) is 39.0 Å². The lowest BCUT2D eigenvalue weighted by atomic mass is 9.86. The van der Waals surface area contributed by atoms with Gasteiger partial charge >= 0.3 is 0 Å². The van der Waals surface area contributed by atoms with Gasteiger partial charge in [-0.15, -0.1) is 11.8 Å². The minimum atomic E-state index is -0.118. The Bertz CT molecular complexity index is 808. The van der Waals surface area contributed by atoms with E-state index < -0.39 is 0 Å². The molecule has 0 amide bonds. The Kier molecular flexibility index (Phi) is 6.28. The van der Waals surface area contributed by atoms with E-state index in [1.54, 1.807) is 11.8 Å². The molecule has 0 saturated carbocycles. The minimum Gasteiger partial charge on any atom is -0.457 e. The lowest BCUT2D eigenvalue weighted by molar-refractivity contribution is 0.0950. The summed E-state index contributed by atoms with van der Waals surface area (Å²) in [6.45, 7) is 9.75. The van der Waals surface area contributed by atoms with Crippen LogP contribution in [-0.4, -0.2) is 30.0 Å². The molecule has 0 bridgehead atoms. The summed E-state index contributed by atoms with van der Waals surface area (Å²) in [7, 11) is 0. The molecule has 1 unspecified atom stereocenters. The quantitative estimate of drug-likeness (QED) is 0.384. The summed E-state index contributed by atoms with van der Waals surface area (Å²) >= 11 is 1.69. The zero-order valence-corrected chi connectivity index (χ0v) is 17.4. The Balaban J connectivity index is 1.79.